The molecule has 1 rings (SSSR count). The number of allylic oxidation sites excluding steroid dienone is 1. The lowest BCUT2D eigenvalue weighted by molar-refractivity contribution is -0.104. The van der Waals surface area contributed by atoms with E-state index in [1.165, 1.54) is 12.0 Å². The minimum Gasteiger partial charge on any atom is -0.497 e. The quantitative estimate of drug-likeness (QED) is 0.389. The van der Waals surface area contributed by atoms with Gasteiger partial charge in [-0.05, 0) is 31.0 Å². The molecule has 0 unspecified atom stereocenters. The van der Waals surface area contributed by atoms with E-state index in [1.807, 2.05) is 12.1 Å². The van der Waals surface area contributed by atoms with Gasteiger partial charge < -0.3 is 10.5 Å². The van der Waals surface area contributed by atoms with Gasteiger partial charge in [-0.15, -0.1) is 0 Å². The first kappa shape index (κ1) is 17.9. The zero-order valence-electron chi connectivity index (χ0n) is 12.7. The Morgan fingerprint density at radius 2 is 1.95 bits per heavy atom. The van der Waals surface area contributed by atoms with Crippen molar-refractivity contribution in [2.45, 2.75) is 26.7 Å². The summed E-state index contributed by atoms with van der Waals surface area (Å²) in [7, 11) is 3.23. The van der Waals surface area contributed by atoms with Gasteiger partial charge in [-0.1, -0.05) is 31.6 Å². The molecule has 1 aromatic carbocycles. The average Bonchev–Trinajstić information content (AvgIpc) is 2.50. The Hall–Kier alpha value is -2.10. The van der Waals surface area contributed by atoms with Gasteiger partial charge in [-0.3, -0.25) is 9.79 Å². The van der Waals surface area contributed by atoms with Crippen LogP contribution in [0.2, 0.25) is 0 Å². The summed E-state index contributed by atoms with van der Waals surface area (Å²) in [5, 5.41) is 0. The molecule has 0 spiro atoms. The van der Waals surface area contributed by atoms with Gasteiger partial charge in [-0.2, -0.15) is 0 Å². The number of hydrogen-bond donors (Lipinski definition) is 1. The third-order valence-electron chi connectivity index (χ3n) is 2.67. The normalized spacial score (nSPS) is 11.4. The predicted molar refractivity (Wildman–Crippen MR) is 84.4 cm³/mol. The van der Waals surface area contributed by atoms with Gasteiger partial charge in [0.1, 0.15) is 11.6 Å². The van der Waals surface area contributed by atoms with Crippen LogP contribution in [-0.4, -0.2) is 26.3 Å². The molecule has 0 saturated heterocycles. The number of carbonyl (C=O) groups excluding carboxylic acids is 1. The van der Waals surface area contributed by atoms with E-state index < -0.39 is 0 Å². The Morgan fingerprint density at radius 1 is 1.35 bits per heavy atom. The first-order valence-corrected chi connectivity index (χ1v) is 6.59. The number of aldehydes is 1. The first-order chi connectivity index (χ1) is 9.62. The van der Waals surface area contributed by atoms with Crippen molar-refractivity contribution in [1.82, 2.24) is 0 Å². The number of nitrogens with zero attached hydrogens (tertiary/aromatic N) is 1. The summed E-state index contributed by atoms with van der Waals surface area (Å²) in [6.45, 7) is 3.92. The molecule has 0 saturated carbocycles. The van der Waals surface area contributed by atoms with Crippen LogP contribution in [0.15, 0.2) is 40.9 Å². The van der Waals surface area contributed by atoms with E-state index in [9.17, 15) is 4.79 Å². The van der Waals surface area contributed by atoms with Gasteiger partial charge in [0.15, 0.2) is 6.29 Å². The molecule has 110 valence electrons. The molecule has 0 radical (unpaired) electrons. The van der Waals surface area contributed by atoms with E-state index in [0.29, 0.717) is 11.9 Å². The topological polar surface area (TPSA) is 64.7 Å². The molecular weight excluding hydrogens is 252 g/mol. The molecule has 0 atom stereocenters. The van der Waals surface area contributed by atoms with E-state index in [1.54, 1.807) is 27.2 Å². The Morgan fingerprint density at radius 3 is 2.25 bits per heavy atom. The molecule has 0 bridgehead atoms. The maximum atomic E-state index is 10.1. The van der Waals surface area contributed by atoms with E-state index in [-0.39, 0.29) is 5.84 Å². The van der Waals surface area contributed by atoms with Gasteiger partial charge in [0.25, 0.3) is 0 Å². The van der Waals surface area contributed by atoms with Crippen molar-refractivity contribution in [3.8, 4) is 5.75 Å². The largest absolute Gasteiger partial charge is 0.497 e. The molecule has 0 aliphatic carbocycles. The van der Waals surface area contributed by atoms with Crippen molar-refractivity contribution in [1.29, 1.82) is 0 Å². The standard InChI is InChI=1S/C10H14O.C6H10N2O/c1-3-4-9-5-7-10(11-2)8-6-9;1-3-5(4-9)6(7)8-2/h5-8H,3-4H2,1-2H3;3-4H,1-2H3,(H2,7,8)/b;5-3-. The summed E-state index contributed by atoms with van der Waals surface area (Å²) in [6.07, 6.45) is 4.66. The van der Waals surface area contributed by atoms with Crippen molar-refractivity contribution in [2.75, 3.05) is 14.2 Å². The van der Waals surface area contributed by atoms with Crippen LogP contribution in [0.25, 0.3) is 0 Å². The smallest absolute Gasteiger partial charge is 0.153 e. The second kappa shape index (κ2) is 10.8. The third-order valence-corrected chi connectivity index (χ3v) is 2.67. The highest BCUT2D eigenvalue weighted by Gasteiger charge is 1.95. The number of aliphatic imine (C=N–C) groups is 1. The van der Waals surface area contributed by atoms with Crippen LogP contribution >= 0.6 is 0 Å². The predicted octanol–water partition coefficient (Wildman–Crippen LogP) is 2.77. The number of rotatable bonds is 5. The fourth-order valence-corrected chi connectivity index (χ4v) is 1.49. The summed E-state index contributed by atoms with van der Waals surface area (Å²) in [4.78, 5) is 13.7. The van der Waals surface area contributed by atoms with Gasteiger partial charge in [0.05, 0.1) is 12.7 Å². The Kier molecular flexibility index (Phi) is 9.66. The Bertz CT molecular complexity index is 448. The Balaban J connectivity index is 0.000000370. The summed E-state index contributed by atoms with van der Waals surface area (Å²) >= 11 is 0. The monoisotopic (exact) mass is 276 g/mol. The van der Waals surface area contributed by atoms with Crippen molar-refractivity contribution in [2.24, 2.45) is 10.7 Å². The van der Waals surface area contributed by atoms with E-state index in [2.05, 4.69) is 24.0 Å². The summed E-state index contributed by atoms with van der Waals surface area (Å²) < 4.78 is 5.05. The molecule has 0 fully saturated rings. The molecule has 4 heteroatoms. The number of carbonyl (C=O) groups is 1. The number of amidine groups is 1. The highest BCUT2D eigenvalue weighted by atomic mass is 16.5. The fourth-order valence-electron chi connectivity index (χ4n) is 1.49. The van der Waals surface area contributed by atoms with Crippen molar-refractivity contribution < 1.29 is 9.53 Å². The van der Waals surface area contributed by atoms with Crippen LogP contribution in [-0.2, 0) is 11.2 Å². The summed E-state index contributed by atoms with van der Waals surface area (Å²) in [6, 6.07) is 8.24. The highest BCUT2D eigenvalue weighted by molar-refractivity contribution is 6.12. The molecule has 4 nitrogen and oxygen atoms in total. The second-order valence-corrected chi connectivity index (χ2v) is 4.07. The number of aryl methyl sites for hydroxylation is 1. The second-order valence-electron chi connectivity index (χ2n) is 4.07. The number of ether oxygens (including phenoxy) is 1. The molecule has 1 aromatic rings. The van der Waals surface area contributed by atoms with Gasteiger partial charge in [0, 0.05) is 7.05 Å². The van der Waals surface area contributed by atoms with E-state index in [0.717, 1.165) is 12.2 Å². The minimum atomic E-state index is 0.285. The number of benzene rings is 1. The zero-order valence-corrected chi connectivity index (χ0v) is 12.7. The van der Waals surface area contributed by atoms with Crippen molar-refractivity contribution >= 4 is 12.1 Å². The van der Waals surface area contributed by atoms with Gasteiger partial charge in [0.2, 0.25) is 0 Å². The molecule has 0 aliphatic heterocycles. The van der Waals surface area contributed by atoms with E-state index >= 15 is 0 Å². The molecule has 0 amide bonds. The van der Waals surface area contributed by atoms with Crippen LogP contribution < -0.4 is 10.5 Å². The van der Waals surface area contributed by atoms with Crippen molar-refractivity contribution in [3.05, 3.63) is 41.5 Å². The lowest BCUT2D eigenvalue weighted by atomic mass is 10.1. The number of nitrogens with two attached hydrogens (primary N) is 1. The third kappa shape index (κ3) is 6.73. The number of methoxy groups -OCH3 is 1. The molecule has 0 heterocycles. The summed E-state index contributed by atoms with van der Waals surface area (Å²) in [5.41, 5.74) is 7.11. The fraction of sp³-hybridized carbons (Fsp3) is 0.375. The van der Waals surface area contributed by atoms with Crippen molar-refractivity contribution in [3.63, 3.8) is 0 Å². The van der Waals surface area contributed by atoms with Gasteiger partial charge >= 0.3 is 0 Å². The minimum absolute atomic E-state index is 0.285. The van der Waals surface area contributed by atoms with Crippen LogP contribution in [0, 0.1) is 0 Å². The van der Waals surface area contributed by atoms with Crippen LogP contribution in [0.3, 0.4) is 0 Å². The molecule has 0 aromatic heterocycles. The van der Waals surface area contributed by atoms with Crippen LogP contribution in [0.4, 0.5) is 0 Å². The van der Waals surface area contributed by atoms with Gasteiger partial charge in [-0.25, -0.2) is 0 Å². The summed E-state index contributed by atoms with van der Waals surface area (Å²) in [5.74, 6) is 1.22. The lowest BCUT2D eigenvalue weighted by Crippen LogP contribution is -2.15. The highest BCUT2D eigenvalue weighted by Crippen LogP contribution is 2.12. The Labute approximate surface area is 121 Å². The zero-order chi connectivity index (χ0) is 15.4. The maximum Gasteiger partial charge on any atom is 0.153 e. The SMILES string of the molecule is C/C=C(/C=O)C(N)=NC.CCCc1ccc(OC)cc1. The molecular formula is C16H24N2O2. The lowest BCUT2D eigenvalue weighted by Gasteiger charge is -2.00. The van der Waals surface area contributed by atoms with Crippen LogP contribution in [0.1, 0.15) is 25.8 Å². The molecule has 2 N–H and O–H groups in total. The average molecular weight is 276 g/mol. The maximum absolute atomic E-state index is 10.1. The molecule has 20 heavy (non-hydrogen) atoms. The number of hydrogen-bond acceptors (Lipinski definition) is 3. The van der Waals surface area contributed by atoms with Crippen LogP contribution in [0.5, 0.6) is 5.75 Å². The van der Waals surface area contributed by atoms with E-state index in [4.69, 9.17) is 10.5 Å². The first-order valence-electron chi connectivity index (χ1n) is 6.59. The molecule has 0 aliphatic rings.